The van der Waals surface area contributed by atoms with Gasteiger partial charge in [0.2, 0.25) is 0 Å². The van der Waals surface area contributed by atoms with Gasteiger partial charge in [-0.25, -0.2) is 0 Å². The third-order valence-electron chi connectivity index (χ3n) is 4.84. The van der Waals surface area contributed by atoms with E-state index in [0.717, 1.165) is 11.1 Å². The minimum absolute atomic E-state index is 0.109. The number of benzene rings is 2. The first-order chi connectivity index (χ1) is 14.5. The highest BCUT2D eigenvalue weighted by molar-refractivity contribution is 6.30. The molecule has 0 N–H and O–H groups in total. The highest BCUT2D eigenvalue weighted by Crippen LogP contribution is 2.31. The highest BCUT2D eigenvalue weighted by atomic mass is 35.5. The monoisotopic (exact) mass is 424 g/mol. The maximum Gasteiger partial charge on any atom is 0.254 e. The summed E-state index contributed by atoms with van der Waals surface area (Å²) in [4.78, 5) is 18.9. The van der Waals surface area contributed by atoms with Crippen molar-refractivity contribution in [1.82, 2.24) is 9.88 Å². The molecule has 0 bridgehead atoms. The number of carbonyl (C=O) groups is 1. The third-order valence-corrected chi connectivity index (χ3v) is 5.08. The Kier molecular flexibility index (Phi) is 7.31. The van der Waals surface area contributed by atoms with Crippen LogP contribution in [0.15, 0.2) is 67.0 Å². The quantitative estimate of drug-likeness (QED) is 0.476. The molecule has 0 aliphatic rings. The fourth-order valence-electron chi connectivity index (χ4n) is 3.04. The molecule has 0 fully saturated rings. The number of pyridine rings is 1. The van der Waals surface area contributed by atoms with Crippen LogP contribution in [0.5, 0.6) is 11.5 Å². The van der Waals surface area contributed by atoms with Crippen molar-refractivity contribution in [2.24, 2.45) is 0 Å². The molecule has 1 heterocycles. The van der Waals surface area contributed by atoms with Gasteiger partial charge in [-0.2, -0.15) is 0 Å². The van der Waals surface area contributed by atoms with Crippen molar-refractivity contribution in [2.75, 3.05) is 13.7 Å². The fourth-order valence-corrected chi connectivity index (χ4v) is 3.24. The van der Waals surface area contributed by atoms with Gasteiger partial charge in [0.15, 0.2) is 11.5 Å². The zero-order chi connectivity index (χ0) is 21.5. The SMILES string of the molecule is CCOc1cc(C(=O)N(C)C(C)c2cccc(Cl)c2)ccc1OCc1cccnc1. The van der Waals surface area contributed by atoms with E-state index < -0.39 is 0 Å². The fraction of sp³-hybridized carbons (Fsp3) is 0.250. The maximum absolute atomic E-state index is 13.1. The summed E-state index contributed by atoms with van der Waals surface area (Å²) in [6, 6.07) is 16.5. The van der Waals surface area contributed by atoms with Crippen molar-refractivity contribution in [2.45, 2.75) is 26.5 Å². The van der Waals surface area contributed by atoms with Gasteiger partial charge < -0.3 is 14.4 Å². The van der Waals surface area contributed by atoms with Crippen LogP contribution < -0.4 is 9.47 Å². The lowest BCUT2D eigenvalue weighted by Crippen LogP contribution is -2.29. The Bertz CT molecular complexity index is 995. The molecule has 1 aromatic heterocycles. The Morgan fingerprint density at radius 3 is 2.63 bits per heavy atom. The van der Waals surface area contributed by atoms with Crippen LogP contribution in [0.1, 0.15) is 41.4 Å². The van der Waals surface area contributed by atoms with E-state index in [4.69, 9.17) is 21.1 Å². The summed E-state index contributed by atoms with van der Waals surface area (Å²) in [6.45, 7) is 4.70. The number of hydrogen-bond donors (Lipinski definition) is 0. The van der Waals surface area contributed by atoms with E-state index in [0.29, 0.717) is 35.3 Å². The molecule has 156 valence electrons. The van der Waals surface area contributed by atoms with Gasteiger partial charge in [0.25, 0.3) is 5.91 Å². The first-order valence-electron chi connectivity index (χ1n) is 9.80. The molecule has 5 nitrogen and oxygen atoms in total. The molecule has 2 aromatic carbocycles. The van der Waals surface area contributed by atoms with E-state index in [9.17, 15) is 4.79 Å². The topological polar surface area (TPSA) is 51.7 Å². The minimum atomic E-state index is -0.131. The lowest BCUT2D eigenvalue weighted by molar-refractivity contribution is 0.0742. The van der Waals surface area contributed by atoms with Gasteiger partial charge in [-0.15, -0.1) is 0 Å². The number of nitrogens with zero attached hydrogens (tertiary/aromatic N) is 2. The van der Waals surface area contributed by atoms with Crippen LogP contribution in [-0.2, 0) is 6.61 Å². The Morgan fingerprint density at radius 2 is 1.93 bits per heavy atom. The molecule has 3 aromatic rings. The molecule has 0 aliphatic heterocycles. The number of amides is 1. The summed E-state index contributed by atoms with van der Waals surface area (Å²) in [6.07, 6.45) is 3.47. The number of halogens is 1. The van der Waals surface area contributed by atoms with Gasteiger partial charge in [-0.1, -0.05) is 29.8 Å². The number of aromatic nitrogens is 1. The number of rotatable bonds is 8. The molecule has 0 saturated carbocycles. The molecule has 0 aliphatic carbocycles. The predicted octanol–water partition coefficient (Wildman–Crippen LogP) is 5.55. The van der Waals surface area contributed by atoms with Gasteiger partial charge in [0.05, 0.1) is 12.6 Å². The number of ether oxygens (including phenoxy) is 2. The van der Waals surface area contributed by atoms with Crippen LogP contribution in [0.2, 0.25) is 5.02 Å². The van der Waals surface area contributed by atoms with E-state index >= 15 is 0 Å². The molecule has 1 unspecified atom stereocenters. The molecule has 0 radical (unpaired) electrons. The maximum atomic E-state index is 13.1. The Labute approximate surface area is 182 Å². The largest absolute Gasteiger partial charge is 0.490 e. The molecular formula is C24H25ClN2O3. The first-order valence-corrected chi connectivity index (χ1v) is 10.2. The van der Waals surface area contributed by atoms with Crippen molar-refractivity contribution in [1.29, 1.82) is 0 Å². The average molecular weight is 425 g/mol. The minimum Gasteiger partial charge on any atom is -0.490 e. The molecular weight excluding hydrogens is 400 g/mol. The number of hydrogen-bond acceptors (Lipinski definition) is 4. The Hall–Kier alpha value is -3.05. The second-order valence-electron chi connectivity index (χ2n) is 6.89. The normalized spacial score (nSPS) is 11.6. The first kappa shape index (κ1) is 21.7. The van der Waals surface area contributed by atoms with E-state index in [1.807, 2.05) is 50.2 Å². The summed E-state index contributed by atoms with van der Waals surface area (Å²) in [5.41, 5.74) is 2.46. The van der Waals surface area contributed by atoms with Gasteiger partial charge in [0, 0.05) is 35.6 Å². The smallest absolute Gasteiger partial charge is 0.254 e. The molecule has 1 amide bonds. The van der Waals surface area contributed by atoms with Gasteiger partial charge in [0.1, 0.15) is 6.61 Å². The lowest BCUT2D eigenvalue weighted by atomic mass is 10.1. The summed E-state index contributed by atoms with van der Waals surface area (Å²) >= 11 is 6.10. The summed E-state index contributed by atoms with van der Waals surface area (Å²) in [5.74, 6) is 1.01. The van der Waals surface area contributed by atoms with E-state index in [-0.39, 0.29) is 11.9 Å². The van der Waals surface area contributed by atoms with Crippen molar-refractivity contribution in [3.05, 3.63) is 88.7 Å². The Morgan fingerprint density at radius 1 is 1.10 bits per heavy atom. The van der Waals surface area contributed by atoms with Crippen molar-refractivity contribution in [3.63, 3.8) is 0 Å². The van der Waals surface area contributed by atoms with E-state index in [1.165, 1.54) is 0 Å². The molecule has 0 spiro atoms. The van der Waals surface area contributed by atoms with Crippen LogP contribution in [-0.4, -0.2) is 29.4 Å². The second-order valence-corrected chi connectivity index (χ2v) is 7.33. The van der Waals surface area contributed by atoms with Crippen LogP contribution in [0.4, 0.5) is 0 Å². The van der Waals surface area contributed by atoms with Gasteiger partial charge >= 0.3 is 0 Å². The third kappa shape index (κ3) is 5.30. The van der Waals surface area contributed by atoms with Crippen molar-refractivity contribution >= 4 is 17.5 Å². The predicted molar refractivity (Wildman–Crippen MR) is 118 cm³/mol. The molecule has 0 saturated heterocycles. The van der Waals surface area contributed by atoms with Crippen LogP contribution >= 0.6 is 11.6 Å². The van der Waals surface area contributed by atoms with Gasteiger partial charge in [-0.3, -0.25) is 9.78 Å². The van der Waals surface area contributed by atoms with Crippen molar-refractivity contribution < 1.29 is 14.3 Å². The van der Waals surface area contributed by atoms with Crippen molar-refractivity contribution in [3.8, 4) is 11.5 Å². The van der Waals surface area contributed by atoms with Crippen LogP contribution in [0, 0.1) is 0 Å². The average Bonchev–Trinajstić information content (AvgIpc) is 2.77. The molecule has 3 rings (SSSR count). The zero-order valence-electron chi connectivity index (χ0n) is 17.3. The second kappa shape index (κ2) is 10.1. The number of carbonyl (C=O) groups excluding carboxylic acids is 1. The summed E-state index contributed by atoms with van der Waals surface area (Å²) in [5, 5.41) is 0.647. The van der Waals surface area contributed by atoms with E-state index in [1.54, 1.807) is 42.5 Å². The zero-order valence-corrected chi connectivity index (χ0v) is 18.1. The molecule has 1 atom stereocenters. The van der Waals surface area contributed by atoms with E-state index in [2.05, 4.69) is 4.98 Å². The Balaban J connectivity index is 1.77. The standard InChI is InChI=1S/C24H25ClN2O3/c1-4-29-23-14-20(10-11-22(23)30-16-18-7-6-12-26-15-18)24(28)27(3)17(2)19-8-5-9-21(25)13-19/h5-15,17H,4,16H2,1-3H3. The molecule has 6 heteroatoms. The van der Waals surface area contributed by atoms with Gasteiger partial charge in [-0.05, 0) is 55.8 Å². The van der Waals surface area contributed by atoms with Crippen LogP contribution in [0.3, 0.4) is 0 Å². The highest BCUT2D eigenvalue weighted by Gasteiger charge is 2.21. The molecule has 30 heavy (non-hydrogen) atoms. The summed E-state index contributed by atoms with van der Waals surface area (Å²) < 4.78 is 11.6. The summed E-state index contributed by atoms with van der Waals surface area (Å²) in [7, 11) is 1.78. The van der Waals surface area contributed by atoms with Crippen LogP contribution in [0.25, 0.3) is 0 Å². The lowest BCUT2D eigenvalue weighted by Gasteiger charge is -2.26.